The summed E-state index contributed by atoms with van der Waals surface area (Å²) in [5, 5.41) is 3.83. The van der Waals surface area contributed by atoms with Gasteiger partial charge in [-0.15, -0.1) is 0 Å². The van der Waals surface area contributed by atoms with Crippen molar-refractivity contribution in [2.45, 2.75) is 19.9 Å². The summed E-state index contributed by atoms with van der Waals surface area (Å²) in [7, 11) is 0. The van der Waals surface area contributed by atoms with Crippen molar-refractivity contribution < 1.29 is 8.91 Å². The van der Waals surface area contributed by atoms with Crippen LogP contribution in [-0.4, -0.2) is 10.1 Å². The summed E-state index contributed by atoms with van der Waals surface area (Å²) in [4.78, 5) is 4.21. The van der Waals surface area contributed by atoms with Crippen LogP contribution in [0.15, 0.2) is 28.8 Å². The quantitative estimate of drug-likeness (QED) is 0.887. The molecule has 1 aromatic carbocycles. The maximum absolute atomic E-state index is 12.8. The summed E-state index contributed by atoms with van der Waals surface area (Å²) in [6.45, 7) is 3.96. The van der Waals surface area contributed by atoms with E-state index in [0.29, 0.717) is 17.3 Å². The van der Waals surface area contributed by atoms with E-state index in [1.165, 1.54) is 12.1 Å². The molecule has 2 aromatic rings. The number of aromatic nitrogens is 2. The Kier molecular flexibility index (Phi) is 3.19. The first-order valence-electron chi connectivity index (χ1n) is 5.43. The van der Waals surface area contributed by atoms with Gasteiger partial charge in [-0.25, -0.2) is 4.39 Å². The fourth-order valence-corrected chi connectivity index (χ4v) is 1.37. The molecule has 1 unspecified atom stereocenters. The first-order chi connectivity index (χ1) is 8.08. The second-order valence-electron chi connectivity index (χ2n) is 4.23. The Bertz CT molecular complexity index is 493. The van der Waals surface area contributed by atoms with Crippen LogP contribution in [-0.2, 0) is 0 Å². The summed E-state index contributed by atoms with van der Waals surface area (Å²) in [5.74, 6) is 0.753. The Labute approximate surface area is 98.6 Å². The summed E-state index contributed by atoms with van der Waals surface area (Å²) in [6, 6.07) is 5.63. The normalized spacial score (nSPS) is 13.0. The van der Waals surface area contributed by atoms with E-state index < -0.39 is 0 Å². The van der Waals surface area contributed by atoms with E-state index >= 15 is 0 Å². The van der Waals surface area contributed by atoms with Crippen molar-refractivity contribution in [3.8, 4) is 11.4 Å². The maximum Gasteiger partial charge on any atom is 0.244 e. The molecule has 5 heteroatoms. The Hall–Kier alpha value is -1.75. The lowest BCUT2D eigenvalue weighted by atomic mass is 10.1. The SMILES string of the molecule is CC(C)C(N)c1nc(-c2ccc(F)cc2)no1. The molecule has 0 aliphatic carbocycles. The molecule has 0 aliphatic rings. The number of halogens is 1. The Morgan fingerprint density at radius 2 is 1.88 bits per heavy atom. The number of rotatable bonds is 3. The van der Waals surface area contributed by atoms with Crippen LogP contribution in [0.5, 0.6) is 0 Å². The molecule has 0 spiro atoms. The third-order valence-electron chi connectivity index (χ3n) is 2.55. The molecular weight excluding hydrogens is 221 g/mol. The van der Waals surface area contributed by atoms with Gasteiger partial charge in [-0.05, 0) is 30.2 Å². The first-order valence-corrected chi connectivity index (χ1v) is 5.43. The topological polar surface area (TPSA) is 64.9 Å². The van der Waals surface area contributed by atoms with E-state index in [1.54, 1.807) is 12.1 Å². The van der Waals surface area contributed by atoms with E-state index in [0.717, 1.165) is 0 Å². The molecule has 90 valence electrons. The van der Waals surface area contributed by atoms with Crippen molar-refractivity contribution >= 4 is 0 Å². The van der Waals surface area contributed by atoms with Gasteiger partial charge >= 0.3 is 0 Å². The van der Waals surface area contributed by atoms with Gasteiger partial charge in [0.05, 0.1) is 6.04 Å². The highest BCUT2D eigenvalue weighted by Crippen LogP contribution is 2.21. The molecule has 0 saturated carbocycles. The van der Waals surface area contributed by atoms with Crippen molar-refractivity contribution in [2.75, 3.05) is 0 Å². The van der Waals surface area contributed by atoms with Crippen LogP contribution < -0.4 is 5.73 Å². The Balaban J connectivity index is 2.26. The van der Waals surface area contributed by atoms with Gasteiger partial charge in [-0.3, -0.25) is 0 Å². The molecule has 0 amide bonds. The van der Waals surface area contributed by atoms with E-state index in [-0.39, 0.29) is 17.8 Å². The van der Waals surface area contributed by atoms with Gasteiger partial charge in [0.25, 0.3) is 0 Å². The predicted molar refractivity (Wildman–Crippen MR) is 61.5 cm³/mol. The maximum atomic E-state index is 12.8. The zero-order valence-corrected chi connectivity index (χ0v) is 9.72. The molecule has 0 fully saturated rings. The third-order valence-corrected chi connectivity index (χ3v) is 2.55. The number of hydrogen-bond acceptors (Lipinski definition) is 4. The lowest BCUT2D eigenvalue weighted by molar-refractivity contribution is 0.325. The molecule has 1 aromatic heterocycles. The van der Waals surface area contributed by atoms with E-state index in [2.05, 4.69) is 10.1 Å². The highest BCUT2D eigenvalue weighted by Gasteiger charge is 2.18. The summed E-state index contributed by atoms with van der Waals surface area (Å²) >= 11 is 0. The Morgan fingerprint density at radius 3 is 2.47 bits per heavy atom. The van der Waals surface area contributed by atoms with E-state index in [9.17, 15) is 4.39 Å². The van der Waals surface area contributed by atoms with Crippen LogP contribution >= 0.6 is 0 Å². The van der Waals surface area contributed by atoms with Gasteiger partial charge in [-0.1, -0.05) is 19.0 Å². The van der Waals surface area contributed by atoms with E-state index in [4.69, 9.17) is 10.3 Å². The van der Waals surface area contributed by atoms with Crippen molar-refractivity contribution in [3.05, 3.63) is 36.0 Å². The number of nitrogens with two attached hydrogens (primary N) is 1. The van der Waals surface area contributed by atoms with Crippen molar-refractivity contribution in [1.82, 2.24) is 10.1 Å². The molecule has 0 aliphatic heterocycles. The number of nitrogens with zero attached hydrogens (tertiary/aromatic N) is 2. The minimum Gasteiger partial charge on any atom is -0.337 e. The summed E-state index contributed by atoms with van der Waals surface area (Å²) < 4.78 is 17.8. The fraction of sp³-hybridized carbons (Fsp3) is 0.333. The number of hydrogen-bond donors (Lipinski definition) is 1. The monoisotopic (exact) mass is 235 g/mol. The third kappa shape index (κ3) is 2.50. The van der Waals surface area contributed by atoms with Gasteiger partial charge in [0.1, 0.15) is 5.82 Å². The average molecular weight is 235 g/mol. The second kappa shape index (κ2) is 4.63. The minimum atomic E-state index is -0.295. The molecule has 17 heavy (non-hydrogen) atoms. The predicted octanol–water partition coefficient (Wildman–Crippen LogP) is 2.53. The van der Waals surface area contributed by atoms with Gasteiger partial charge in [-0.2, -0.15) is 4.98 Å². The summed E-state index contributed by atoms with van der Waals surface area (Å²) in [6.07, 6.45) is 0. The van der Waals surface area contributed by atoms with Gasteiger partial charge < -0.3 is 10.3 Å². The molecule has 0 bridgehead atoms. The fourth-order valence-electron chi connectivity index (χ4n) is 1.37. The van der Waals surface area contributed by atoms with Crippen molar-refractivity contribution in [3.63, 3.8) is 0 Å². The highest BCUT2D eigenvalue weighted by atomic mass is 19.1. The zero-order chi connectivity index (χ0) is 12.4. The highest BCUT2D eigenvalue weighted by molar-refractivity contribution is 5.53. The largest absolute Gasteiger partial charge is 0.337 e. The average Bonchev–Trinajstić information content (AvgIpc) is 2.78. The smallest absolute Gasteiger partial charge is 0.244 e. The van der Waals surface area contributed by atoms with E-state index in [1.807, 2.05) is 13.8 Å². The lowest BCUT2D eigenvalue weighted by Crippen LogP contribution is -2.16. The molecule has 0 radical (unpaired) electrons. The zero-order valence-electron chi connectivity index (χ0n) is 9.72. The van der Waals surface area contributed by atoms with Crippen molar-refractivity contribution in [1.29, 1.82) is 0 Å². The summed E-state index contributed by atoms with van der Waals surface area (Å²) in [5.41, 5.74) is 6.60. The van der Waals surface area contributed by atoms with Crippen LogP contribution in [0.1, 0.15) is 25.8 Å². The molecule has 1 heterocycles. The first kappa shape index (κ1) is 11.7. The lowest BCUT2D eigenvalue weighted by Gasteiger charge is -2.09. The molecule has 2 N–H and O–H groups in total. The second-order valence-corrected chi connectivity index (χ2v) is 4.23. The van der Waals surface area contributed by atoms with Gasteiger partial charge in [0, 0.05) is 5.56 Å². The van der Waals surface area contributed by atoms with Gasteiger partial charge in [0.2, 0.25) is 11.7 Å². The molecule has 2 rings (SSSR count). The number of benzene rings is 1. The van der Waals surface area contributed by atoms with Crippen LogP contribution in [0.25, 0.3) is 11.4 Å². The van der Waals surface area contributed by atoms with Crippen LogP contribution in [0.3, 0.4) is 0 Å². The van der Waals surface area contributed by atoms with Crippen LogP contribution in [0.2, 0.25) is 0 Å². The molecule has 4 nitrogen and oxygen atoms in total. The molecular formula is C12H14FN3O. The molecule has 0 saturated heterocycles. The standard InChI is InChI=1S/C12H14FN3O/c1-7(2)10(14)12-15-11(16-17-12)8-3-5-9(13)6-4-8/h3-7,10H,14H2,1-2H3. The minimum absolute atomic E-state index is 0.219. The van der Waals surface area contributed by atoms with Crippen LogP contribution in [0.4, 0.5) is 4.39 Å². The van der Waals surface area contributed by atoms with Crippen LogP contribution in [0, 0.1) is 11.7 Å². The van der Waals surface area contributed by atoms with Crippen molar-refractivity contribution in [2.24, 2.45) is 11.7 Å². The molecule has 1 atom stereocenters. The Morgan fingerprint density at radius 1 is 1.24 bits per heavy atom. The van der Waals surface area contributed by atoms with Gasteiger partial charge in [0.15, 0.2) is 0 Å².